The normalized spacial score (nSPS) is 17.0. The second-order valence-electron chi connectivity index (χ2n) is 5.72. The summed E-state index contributed by atoms with van der Waals surface area (Å²) in [5.41, 5.74) is 2.55. The van der Waals surface area contributed by atoms with E-state index in [2.05, 4.69) is 59.8 Å². The van der Waals surface area contributed by atoms with Gasteiger partial charge < -0.3 is 0 Å². The van der Waals surface area contributed by atoms with Gasteiger partial charge in [-0.05, 0) is 23.0 Å². The Morgan fingerprint density at radius 2 is 1.40 bits per heavy atom. The average Bonchev–Trinajstić information content (AvgIpc) is 2.55. The molecule has 0 aromatic rings. The smallest absolute Gasteiger partial charge is 0.0809 e. The van der Waals surface area contributed by atoms with Gasteiger partial charge in [-0.15, -0.1) is 0 Å². The number of rotatable bonds is 4. The fourth-order valence-electron chi connectivity index (χ4n) is 3.88. The summed E-state index contributed by atoms with van der Waals surface area (Å²) in [6.45, 7) is 14.6. The van der Waals surface area contributed by atoms with Crippen molar-refractivity contribution in [1.29, 1.82) is 0 Å². The lowest BCUT2D eigenvalue weighted by atomic mass is 10.5. The molecule has 0 radical (unpaired) electrons. The van der Waals surface area contributed by atoms with Crippen molar-refractivity contribution >= 4 is 8.07 Å². The minimum Gasteiger partial charge on any atom is -0.0809 e. The van der Waals surface area contributed by atoms with Crippen LogP contribution < -0.4 is 0 Å². The highest BCUT2D eigenvalue weighted by Crippen LogP contribution is 2.48. The Morgan fingerprint density at radius 3 is 1.67 bits per heavy atom. The van der Waals surface area contributed by atoms with Crippen LogP contribution in [-0.4, -0.2) is 8.07 Å². The molecule has 0 saturated heterocycles. The van der Waals surface area contributed by atoms with Crippen molar-refractivity contribution < 1.29 is 0 Å². The molecule has 1 aliphatic carbocycles. The quantitative estimate of drug-likeness (QED) is 0.581. The van der Waals surface area contributed by atoms with Crippen molar-refractivity contribution in [2.24, 2.45) is 0 Å². The Hall–Kier alpha value is -0.303. The molecule has 0 saturated carbocycles. The van der Waals surface area contributed by atoms with Crippen molar-refractivity contribution in [2.45, 2.75) is 64.6 Å². The van der Waals surface area contributed by atoms with Crippen molar-refractivity contribution in [1.82, 2.24) is 0 Å². The van der Waals surface area contributed by atoms with E-state index in [9.17, 15) is 0 Å². The topological polar surface area (TPSA) is 0 Å². The number of hydrogen-bond acceptors (Lipinski definition) is 0. The second kappa shape index (κ2) is 4.69. The molecular weight excluding hydrogens is 196 g/mol. The summed E-state index contributed by atoms with van der Waals surface area (Å²) in [5, 5.41) is 1.78. The Morgan fingerprint density at radius 1 is 0.933 bits per heavy atom. The molecule has 0 amide bonds. The van der Waals surface area contributed by atoms with Gasteiger partial charge in [0.1, 0.15) is 0 Å². The van der Waals surface area contributed by atoms with Gasteiger partial charge in [-0.3, -0.25) is 0 Å². The molecule has 1 heteroatoms. The molecule has 0 aromatic carbocycles. The highest BCUT2D eigenvalue weighted by atomic mass is 28.3. The first kappa shape index (κ1) is 12.8. The fourth-order valence-corrected chi connectivity index (χ4v) is 11.0. The average molecular weight is 222 g/mol. The maximum absolute atomic E-state index is 2.44. The summed E-state index contributed by atoms with van der Waals surface area (Å²) in [6.07, 6.45) is 8.21. The molecule has 1 rings (SSSR count). The molecule has 0 spiro atoms. The van der Waals surface area contributed by atoms with E-state index in [1.54, 1.807) is 5.20 Å². The molecule has 0 atom stereocenters. The maximum Gasteiger partial charge on any atom is 0.0895 e. The van der Waals surface area contributed by atoms with Crippen LogP contribution in [0.5, 0.6) is 0 Å². The van der Waals surface area contributed by atoms with Gasteiger partial charge in [-0.25, -0.2) is 0 Å². The van der Waals surface area contributed by atoms with Crippen LogP contribution in [0.25, 0.3) is 0 Å². The molecule has 0 fully saturated rings. The first-order valence-corrected chi connectivity index (χ1v) is 8.53. The third-order valence-electron chi connectivity index (χ3n) is 4.19. The van der Waals surface area contributed by atoms with Gasteiger partial charge in [0.15, 0.2) is 0 Å². The molecule has 1 aliphatic rings. The second-order valence-corrected chi connectivity index (χ2v) is 11.7. The maximum atomic E-state index is 2.44. The largest absolute Gasteiger partial charge is 0.0895 e. The highest BCUT2D eigenvalue weighted by molar-refractivity contribution is 6.90. The molecule has 0 aromatic heterocycles. The van der Waals surface area contributed by atoms with Crippen LogP contribution in [0.1, 0.15) is 48.0 Å². The number of hydrogen-bond donors (Lipinski definition) is 0. The molecule has 0 unspecified atom stereocenters. The Bertz CT molecular complexity index is 247. The molecule has 0 aliphatic heterocycles. The zero-order chi connectivity index (χ0) is 11.6. The van der Waals surface area contributed by atoms with Crippen LogP contribution in [0.4, 0.5) is 0 Å². The summed E-state index contributed by atoms with van der Waals surface area (Å²) < 4.78 is 0. The molecule has 86 valence electrons. The van der Waals surface area contributed by atoms with Gasteiger partial charge in [-0.1, -0.05) is 65.0 Å². The molecule has 0 bridgehead atoms. The zero-order valence-electron chi connectivity index (χ0n) is 11.2. The van der Waals surface area contributed by atoms with E-state index >= 15 is 0 Å². The summed E-state index contributed by atoms with van der Waals surface area (Å²) in [6, 6.07) is 0. The predicted molar refractivity (Wildman–Crippen MR) is 72.9 cm³/mol. The fraction of sp³-hybridized carbons (Fsp3) is 0.714. The van der Waals surface area contributed by atoms with E-state index in [4.69, 9.17) is 0 Å². The van der Waals surface area contributed by atoms with E-state index in [0.29, 0.717) is 0 Å². The lowest BCUT2D eigenvalue weighted by Crippen LogP contribution is -2.46. The Kier molecular flexibility index (Phi) is 3.99. The minimum absolute atomic E-state index is 0.851. The van der Waals surface area contributed by atoms with Gasteiger partial charge in [0.25, 0.3) is 0 Å². The van der Waals surface area contributed by atoms with Crippen LogP contribution in [0, 0.1) is 0 Å². The third kappa shape index (κ3) is 1.99. The van der Waals surface area contributed by atoms with Gasteiger partial charge in [0.05, 0.1) is 8.07 Å². The highest BCUT2D eigenvalue weighted by Gasteiger charge is 2.45. The number of allylic oxidation sites excluding steroid dienone is 4. The lowest BCUT2D eigenvalue weighted by molar-refractivity contribution is 0.820. The zero-order valence-corrected chi connectivity index (χ0v) is 12.2. The summed E-state index contributed by atoms with van der Waals surface area (Å²) in [4.78, 5) is 0. The van der Waals surface area contributed by atoms with Gasteiger partial charge >= 0.3 is 0 Å². The SMILES string of the molecule is CC(C)[Si](C1=CC=CC1)(C(C)C)C(C)C. The van der Waals surface area contributed by atoms with E-state index in [0.717, 1.165) is 16.6 Å². The molecule has 0 heterocycles. The standard InChI is InChI=1S/C14H26Si/c1-11(2)15(12(3)4,13(5)6)14-9-7-8-10-14/h7-9,11-13H,10H2,1-6H3. The van der Waals surface area contributed by atoms with E-state index in [1.807, 2.05) is 0 Å². The summed E-state index contributed by atoms with van der Waals surface area (Å²) >= 11 is 0. The Labute approximate surface area is 96.5 Å². The Balaban J connectivity index is 3.14. The van der Waals surface area contributed by atoms with Crippen molar-refractivity contribution in [3.05, 3.63) is 23.4 Å². The third-order valence-corrected chi connectivity index (χ3v) is 11.4. The predicted octanol–water partition coefficient (Wildman–Crippen LogP) is 5.09. The molecular formula is C14H26Si. The van der Waals surface area contributed by atoms with E-state index in [1.165, 1.54) is 6.42 Å². The van der Waals surface area contributed by atoms with Crippen molar-refractivity contribution in [2.75, 3.05) is 0 Å². The van der Waals surface area contributed by atoms with E-state index < -0.39 is 8.07 Å². The van der Waals surface area contributed by atoms with Gasteiger partial charge in [0, 0.05) is 0 Å². The van der Waals surface area contributed by atoms with Crippen molar-refractivity contribution in [3.63, 3.8) is 0 Å². The van der Waals surface area contributed by atoms with Crippen LogP contribution in [0.2, 0.25) is 16.6 Å². The van der Waals surface area contributed by atoms with Gasteiger partial charge in [-0.2, -0.15) is 0 Å². The first-order valence-electron chi connectivity index (χ1n) is 6.30. The monoisotopic (exact) mass is 222 g/mol. The minimum atomic E-state index is -1.30. The lowest BCUT2D eigenvalue weighted by Gasteiger charge is -2.44. The molecule has 0 N–H and O–H groups in total. The van der Waals surface area contributed by atoms with Crippen LogP contribution in [0.15, 0.2) is 23.4 Å². The van der Waals surface area contributed by atoms with Crippen molar-refractivity contribution in [3.8, 4) is 0 Å². The van der Waals surface area contributed by atoms with Gasteiger partial charge in [0.2, 0.25) is 0 Å². The summed E-state index contributed by atoms with van der Waals surface area (Å²) in [5.74, 6) is 0. The molecule has 15 heavy (non-hydrogen) atoms. The first-order chi connectivity index (χ1) is 6.94. The van der Waals surface area contributed by atoms with Crippen LogP contribution in [0.3, 0.4) is 0 Å². The van der Waals surface area contributed by atoms with E-state index in [-0.39, 0.29) is 0 Å². The summed E-state index contributed by atoms with van der Waals surface area (Å²) in [7, 11) is -1.30. The van der Waals surface area contributed by atoms with Crippen LogP contribution >= 0.6 is 0 Å². The molecule has 0 nitrogen and oxygen atoms in total. The van der Waals surface area contributed by atoms with Crippen LogP contribution in [-0.2, 0) is 0 Å².